The molecule has 0 aliphatic heterocycles. The van der Waals surface area contributed by atoms with Gasteiger partial charge in [-0.15, -0.1) is 0 Å². The summed E-state index contributed by atoms with van der Waals surface area (Å²) < 4.78 is 0. The lowest BCUT2D eigenvalue weighted by Gasteiger charge is -2.30. The van der Waals surface area contributed by atoms with Crippen molar-refractivity contribution >= 4 is 17.8 Å². The largest absolute Gasteiger partial charge is 0.550 e. The van der Waals surface area contributed by atoms with Crippen LogP contribution in [0.15, 0.2) is 24.3 Å². The van der Waals surface area contributed by atoms with E-state index in [-0.39, 0.29) is 29.9 Å². The van der Waals surface area contributed by atoms with Crippen LogP contribution in [-0.2, 0) is 16.1 Å². The molecule has 0 saturated heterocycles. The molecule has 6 nitrogen and oxygen atoms in total. The summed E-state index contributed by atoms with van der Waals surface area (Å²) in [4.78, 5) is 34.4. The number of aliphatic carboxylic acids is 1. The number of carboxylic acid groups (broad SMARTS) is 2. The van der Waals surface area contributed by atoms with Crippen LogP contribution in [0.2, 0.25) is 0 Å². The first-order valence-electron chi connectivity index (χ1n) is 7.76. The highest BCUT2D eigenvalue weighted by Crippen LogP contribution is 2.52. The van der Waals surface area contributed by atoms with Crippen LogP contribution in [0.5, 0.6) is 0 Å². The SMILES string of the molecule is O=C([O-])c1ccc(CNC(=O)C2C3CCC(C3)C2C(=O)[O-])cc1. The minimum atomic E-state index is -1.25. The first kappa shape index (κ1) is 15.5. The van der Waals surface area contributed by atoms with E-state index in [1.165, 1.54) is 12.1 Å². The lowest BCUT2D eigenvalue weighted by atomic mass is 9.78. The highest BCUT2D eigenvalue weighted by Gasteiger charge is 2.51. The number of hydrogen-bond acceptors (Lipinski definition) is 5. The van der Waals surface area contributed by atoms with Gasteiger partial charge in [0.2, 0.25) is 5.91 Å². The highest BCUT2D eigenvalue weighted by molar-refractivity contribution is 5.86. The molecule has 2 fully saturated rings. The third-order valence-corrected chi connectivity index (χ3v) is 5.15. The lowest BCUT2D eigenvalue weighted by molar-refractivity contribution is -0.314. The number of carboxylic acids is 2. The second kappa shape index (κ2) is 6.02. The number of aromatic carboxylic acids is 1. The maximum absolute atomic E-state index is 12.4. The van der Waals surface area contributed by atoms with Gasteiger partial charge in [0.05, 0.1) is 5.97 Å². The van der Waals surface area contributed by atoms with Crippen LogP contribution in [-0.4, -0.2) is 17.8 Å². The van der Waals surface area contributed by atoms with E-state index in [1.54, 1.807) is 12.1 Å². The molecule has 1 N–H and O–H groups in total. The molecule has 2 bridgehead atoms. The number of benzene rings is 1. The zero-order valence-corrected chi connectivity index (χ0v) is 12.5. The molecule has 122 valence electrons. The van der Waals surface area contributed by atoms with Crippen molar-refractivity contribution in [2.45, 2.75) is 25.8 Å². The van der Waals surface area contributed by atoms with Crippen LogP contribution in [0.25, 0.3) is 0 Å². The molecule has 0 heterocycles. The molecule has 3 rings (SSSR count). The second-order valence-corrected chi connectivity index (χ2v) is 6.41. The molecule has 0 radical (unpaired) electrons. The minimum absolute atomic E-state index is 0.0584. The molecule has 2 aliphatic carbocycles. The number of nitrogens with one attached hydrogen (secondary N) is 1. The molecule has 2 aliphatic rings. The number of rotatable bonds is 5. The van der Waals surface area contributed by atoms with Gasteiger partial charge in [-0.1, -0.05) is 24.3 Å². The van der Waals surface area contributed by atoms with Gasteiger partial charge in [0, 0.05) is 24.3 Å². The fourth-order valence-corrected chi connectivity index (χ4v) is 4.07. The predicted molar refractivity (Wildman–Crippen MR) is 75.4 cm³/mol. The van der Waals surface area contributed by atoms with Crippen LogP contribution in [0.3, 0.4) is 0 Å². The zero-order valence-electron chi connectivity index (χ0n) is 12.5. The fourth-order valence-electron chi connectivity index (χ4n) is 4.07. The lowest BCUT2D eigenvalue weighted by Crippen LogP contribution is -2.45. The van der Waals surface area contributed by atoms with Crippen LogP contribution >= 0.6 is 0 Å². The van der Waals surface area contributed by atoms with Crippen molar-refractivity contribution in [1.29, 1.82) is 0 Å². The number of fused-ring (bicyclic) bond motifs is 2. The first-order valence-corrected chi connectivity index (χ1v) is 7.76. The summed E-state index contributed by atoms with van der Waals surface area (Å²) in [5.41, 5.74) is 0.821. The Morgan fingerprint density at radius 2 is 1.61 bits per heavy atom. The van der Waals surface area contributed by atoms with Gasteiger partial charge in [0.25, 0.3) is 0 Å². The molecule has 1 aromatic carbocycles. The summed E-state index contributed by atoms with van der Waals surface area (Å²) in [7, 11) is 0. The molecule has 0 spiro atoms. The van der Waals surface area contributed by atoms with Gasteiger partial charge in [0.1, 0.15) is 0 Å². The Kier molecular flexibility index (Phi) is 4.07. The molecule has 4 atom stereocenters. The van der Waals surface area contributed by atoms with Crippen LogP contribution < -0.4 is 15.5 Å². The molecule has 2 saturated carbocycles. The Bertz CT molecular complexity index is 639. The van der Waals surface area contributed by atoms with Crippen LogP contribution in [0.4, 0.5) is 0 Å². The Morgan fingerprint density at radius 3 is 2.17 bits per heavy atom. The average molecular weight is 315 g/mol. The van der Waals surface area contributed by atoms with Crippen LogP contribution in [0.1, 0.15) is 35.2 Å². The molecule has 1 amide bonds. The van der Waals surface area contributed by atoms with E-state index in [0.29, 0.717) is 0 Å². The second-order valence-electron chi connectivity index (χ2n) is 6.41. The van der Waals surface area contributed by atoms with Gasteiger partial charge in [-0.25, -0.2) is 0 Å². The van der Waals surface area contributed by atoms with Crippen molar-refractivity contribution in [3.8, 4) is 0 Å². The fraction of sp³-hybridized carbons (Fsp3) is 0.471. The van der Waals surface area contributed by atoms with Crippen molar-refractivity contribution in [3.05, 3.63) is 35.4 Å². The smallest absolute Gasteiger partial charge is 0.224 e. The standard InChI is InChI=1S/C17H19NO5/c19-15(13-11-5-6-12(7-11)14(13)17(22)23)18-8-9-1-3-10(4-2-9)16(20)21/h1-4,11-14H,5-8H2,(H,18,19)(H,20,21)(H,22,23)/p-2. The van der Waals surface area contributed by atoms with Gasteiger partial charge in [-0.3, -0.25) is 4.79 Å². The Morgan fingerprint density at radius 1 is 1.00 bits per heavy atom. The minimum Gasteiger partial charge on any atom is -0.550 e. The quantitative estimate of drug-likeness (QED) is 0.755. The molecule has 23 heavy (non-hydrogen) atoms. The third kappa shape index (κ3) is 2.93. The molecular weight excluding hydrogens is 298 g/mol. The Hall–Kier alpha value is -2.37. The monoisotopic (exact) mass is 315 g/mol. The van der Waals surface area contributed by atoms with Crippen molar-refractivity contribution in [3.63, 3.8) is 0 Å². The van der Waals surface area contributed by atoms with Gasteiger partial charge in [-0.2, -0.15) is 0 Å². The van der Waals surface area contributed by atoms with Gasteiger partial charge in [-0.05, 0) is 42.2 Å². The van der Waals surface area contributed by atoms with E-state index in [9.17, 15) is 24.6 Å². The van der Waals surface area contributed by atoms with E-state index >= 15 is 0 Å². The molecule has 4 unspecified atom stereocenters. The van der Waals surface area contributed by atoms with Crippen molar-refractivity contribution < 1.29 is 24.6 Å². The average Bonchev–Trinajstić information content (AvgIpc) is 3.13. The summed E-state index contributed by atoms with van der Waals surface area (Å²) in [6.45, 7) is 0.236. The first-order chi connectivity index (χ1) is 11.0. The van der Waals surface area contributed by atoms with E-state index in [0.717, 1.165) is 24.8 Å². The van der Waals surface area contributed by atoms with E-state index in [1.807, 2.05) is 0 Å². The maximum Gasteiger partial charge on any atom is 0.224 e. The molecule has 6 heteroatoms. The van der Waals surface area contributed by atoms with Gasteiger partial charge >= 0.3 is 0 Å². The summed E-state index contributed by atoms with van der Waals surface area (Å²) in [5.74, 6) is -3.65. The normalized spacial score (nSPS) is 28.5. The molecular formula is C17H17NO5-2. The van der Waals surface area contributed by atoms with E-state index in [2.05, 4.69) is 5.32 Å². The molecule has 1 aromatic rings. The summed E-state index contributed by atoms with van der Waals surface area (Å²) >= 11 is 0. The third-order valence-electron chi connectivity index (χ3n) is 5.15. The topological polar surface area (TPSA) is 109 Å². The number of amides is 1. The summed E-state index contributed by atoms with van der Waals surface area (Å²) in [5, 5.41) is 24.8. The van der Waals surface area contributed by atoms with Gasteiger partial charge in [0.15, 0.2) is 0 Å². The van der Waals surface area contributed by atoms with E-state index in [4.69, 9.17) is 0 Å². The van der Waals surface area contributed by atoms with Crippen molar-refractivity contribution in [2.75, 3.05) is 0 Å². The summed E-state index contributed by atoms with van der Waals surface area (Å²) in [6, 6.07) is 6.03. The summed E-state index contributed by atoms with van der Waals surface area (Å²) in [6.07, 6.45) is 2.54. The van der Waals surface area contributed by atoms with Crippen molar-refractivity contribution in [2.24, 2.45) is 23.7 Å². The number of hydrogen-bond donors (Lipinski definition) is 1. The maximum atomic E-state index is 12.4. The number of carbonyl (C=O) groups excluding carboxylic acids is 3. The Balaban J connectivity index is 1.63. The predicted octanol–water partition coefficient (Wildman–Crippen LogP) is -0.921. The van der Waals surface area contributed by atoms with E-state index < -0.39 is 23.8 Å². The zero-order chi connectivity index (χ0) is 16.6. The van der Waals surface area contributed by atoms with Gasteiger partial charge < -0.3 is 25.1 Å². The Labute approximate surface area is 133 Å². The molecule has 0 aromatic heterocycles. The highest BCUT2D eigenvalue weighted by atomic mass is 16.4. The van der Waals surface area contributed by atoms with Crippen molar-refractivity contribution in [1.82, 2.24) is 5.32 Å². The van der Waals surface area contributed by atoms with Crippen LogP contribution in [0, 0.1) is 23.7 Å². The number of carbonyl (C=O) groups is 3.